The summed E-state index contributed by atoms with van der Waals surface area (Å²) >= 11 is 0. The first kappa shape index (κ1) is 13.5. The molecular weight excluding hydrogens is 262 g/mol. The standard InChI is InChI=1S/C17H17N3O/c1-12-4-2-6-14-8-15(17(21)20-16(12)14)11-19-10-13-5-3-7-18-9-13/h2-9,19H,10-11H2,1H3,(H,20,21). The van der Waals surface area contributed by atoms with Gasteiger partial charge in [-0.1, -0.05) is 24.3 Å². The van der Waals surface area contributed by atoms with Gasteiger partial charge in [-0.15, -0.1) is 0 Å². The fourth-order valence-corrected chi connectivity index (χ4v) is 2.40. The van der Waals surface area contributed by atoms with Crippen LogP contribution in [0.25, 0.3) is 10.9 Å². The monoisotopic (exact) mass is 279 g/mol. The second-order valence-electron chi connectivity index (χ2n) is 5.13. The number of rotatable bonds is 4. The molecule has 0 fully saturated rings. The average Bonchev–Trinajstić information content (AvgIpc) is 2.50. The number of hydrogen-bond acceptors (Lipinski definition) is 3. The molecule has 0 saturated heterocycles. The first-order valence-electron chi connectivity index (χ1n) is 6.95. The summed E-state index contributed by atoms with van der Waals surface area (Å²) in [6.45, 7) is 3.23. The van der Waals surface area contributed by atoms with Crippen molar-refractivity contribution in [3.63, 3.8) is 0 Å². The third kappa shape index (κ3) is 3.01. The minimum atomic E-state index is -0.0320. The third-order valence-corrected chi connectivity index (χ3v) is 3.53. The minimum absolute atomic E-state index is 0.0320. The number of nitrogens with one attached hydrogen (secondary N) is 2. The molecule has 0 saturated carbocycles. The Balaban J connectivity index is 1.78. The first-order valence-corrected chi connectivity index (χ1v) is 6.95. The van der Waals surface area contributed by atoms with Gasteiger partial charge in [-0.3, -0.25) is 9.78 Å². The van der Waals surface area contributed by atoms with Crippen LogP contribution in [0.4, 0.5) is 0 Å². The smallest absolute Gasteiger partial charge is 0.252 e. The van der Waals surface area contributed by atoms with Gasteiger partial charge in [0, 0.05) is 31.0 Å². The van der Waals surface area contributed by atoms with E-state index in [4.69, 9.17) is 0 Å². The molecule has 0 bridgehead atoms. The quantitative estimate of drug-likeness (QED) is 0.771. The average molecular weight is 279 g/mol. The highest BCUT2D eigenvalue weighted by Crippen LogP contribution is 2.14. The Morgan fingerprint density at radius 3 is 2.90 bits per heavy atom. The maximum atomic E-state index is 12.1. The number of H-pyrrole nitrogens is 1. The van der Waals surface area contributed by atoms with Crippen molar-refractivity contribution in [3.8, 4) is 0 Å². The van der Waals surface area contributed by atoms with E-state index in [1.54, 1.807) is 6.20 Å². The van der Waals surface area contributed by atoms with Crippen molar-refractivity contribution < 1.29 is 0 Å². The molecule has 3 aromatic rings. The van der Waals surface area contributed by atoms with Crippen molar-refractivity contribution in [1.29, 1.82) is 0 Å². The van der Waals surface area contributed by atoms with Crippen LogP contribution >= 0.6 is 0 Å². The molecule has 0 unspecified atom stereocenters. The van der Waals surface area contributed by atoms with Crippen molar-refractivity contribution in [1.82, 2.24) is 15.3 Å². The molecule has 106 valence electrons. The van der Waals surface area contributed by atoms with Gasteiger partial charge in [0.15, 0.2) is 0 Å². The van der Waals surface area contributed by atoms with Crippen molar-refractivity contribution >= 4 is 10.9 Å². The van der Waals surface area contributed by atoms with E-state index in [0.29, 0.717) is 13.1 Å². The summed E-state index contributed by atoms with van der Waals surface area (Å²) in [4.78, 5) is 19.2. The molecule has 4 heteroatoms. The number of fused-ring (bicyclic) bond motifs is 1. The molecule has 3 rings (SSSR count). The zero-order chi connectivity index (χ0) is 14.7. The van der Waals surface area contributed by atoms with E-state index in [2.05, 4.69) is 15.3 Å². The zero-order valence-corrected chi connectivity index (χ0v) is 11.9. The molecule has 0 aliphatic heterocycles. The predicted molar refractivity (Wildman–Crippen MR) is 84.1 cm³/mol. The van der Waals surface area contributed by atoms with Gasteiger partial charge in [0.25, 0.3) is 5.56 Å². The number of aryl methyl sites for hydroxylation is 1. The van der Waals surface area contributed by atoms with Crippen LogP contribution in [0.2, 0.25) is 0 Å². The van der Waals surface area contributed by atoms with Gasteiger partial charge in [0.2, 0.25) is 0 Å². The second kappa shape index (κ2) is 5.89. The van der Waals surface area contributed by atoms with Gasteiger partial charge < -0.3 is 10.3 Å². The minimum Gasteiger partial charge on any atom is -0.321 e. The highest BCUT2D eigenvalue weighted by Gasteiger charge is 2.04. The van der Waals surface area contributed by atoms with Crippen LogP contribution in [0.1, 0.15) is 16.7 Å². The molecular formula is C17H17N3O. The Hall–Kier alpha value is -2.46. The Bertz CT molecular complexity index is 809. The summed E-state index contributed by atoms with van der Waals surface area (Å²) in [7, 11) is 0. The van der Waals surface area contributed by atoms with Crippen molar-refractivity contribution in [3.05, 3.63) is 75.8 Å². The molecule has 0 radical (unpaired) electrons. The molecule has 0 amide bonds. The number of nitrogens with zero attached hydrogens (tertiary/aromatic N) is 1. The lowest BCUT2D eigenvalue weighted by Gasteiger charge is -2.07. The van der Waals surface area contributed by atoms with Gasteiger partial charge in [0.05, 0.1) is 5.52 Å². The van der Waals surface area contributed by atoms with Crippen LogP contribution in [0.3, 0.4) is 0 Å². The molecule has 2 heterocycles. The van der Waals surface area contributed by atoms with Gasteiger partial charge >= 0.3 is 0 Å². The molecule has 21 heavy (non-hydrogen) atoms. The van der Waals surface area contributed by atoms with Crippen LogP contribution in [-0.4, -0.2) is 9.97 Å². The molecule has 0 aliphatic rings. The fourth-order valence-electron chi connectivity index (χ4n) is 2.40. The number of aromatic nitrogens is 2. The molecule has 1 aromatic carbocycles. The topological polar surface area (TPSA) is 57.8 Å². The lowest BCUT2D eigenvalue weighted by Crippen LogP contribution is -2.21. The second-order valence-corrected chi connectivity index (χ2v) is 5.13. The maximum absolute atomic E-state index is 12.1. The van der Waals surface area contributed by atoms with Crippen LogP contribution in [0.15, 0.2) is 53.6 Å². The zero-order valence-electron chi connectivity index (χ0n) is 11.9. The lowest BCUT2D eigenvalue weighted by atomic mass is 10.1. The predicted octanol–water partition coefficient (Wildman–Crippen LogP) is 2.52. The summed E-state index contributed by atoms with van der Waals surface area (Å²) in [5.74, 6) is 0. The summed E-state index contributed by atoms with van der Waals surface area (Å²) in [5.41, 5.74) is 3.82. The van der Waals surface area contributed by atoms with E-state index >= 15 is 0 Å². The Kier molecular flexibility index (Phi) is 3.79. The first-order chi connectivity index (χ1) is 10.2. The molecule has 0 spiro atoms. The fraction of sp³-hybridized carbons (Fsp3) is 0.176. The highest BCUT2D eigenvalue weighted by atomic mass is 16.1. The highest BCUT2D eigenvalue weighted by molar-refractivity contribution is 5.81. The van der Waals surface area contributed by atoms with Crippen LogP contribution in [-0.2, 0) is 13.1 Å². The Morgan fingerprint density at radius 1 is 1.19 bits per heavy atom. The number of para-hydroxylation sites is 1. The Morgan fingerprint density at radius 2 is 2.10 bits per heavy atom. The van der Waals surface area contributed by atoms with Crippen LogP contribution in [0.5, 0.6) is 0 Å². The number of hydrogen-bond donors (Lipinski definition) is 2. The maximum Gasteiger partial charge on any atom is 0.252 e. The van der Waals surface area contributed by atoms with Gasteiger partial charge in [-0.25, -0.2) is 0 Å². The van der Waals surface area contributed by atoms with E-state index in [9.17, 15) is 4.79 Å². The molecule has 2 aromatic heterocycles. The van der Waals surface area contributed by atoms with E-state index in [-0.39, 0.29) is 5.56 Å². The van der Waals surface area contributed by atoms with Crippen molar-refractivity contribution in [2.24, 2.45) is 0 Å². The van der Waals surface area contributed by atoms with E-state index in [1.807, 2.05) is 49.5 Å². The van der Waals surface area contributed by atoms with Crippen LogP contribution in [0, 0.1) is 6.92 Å². The van der Waals surface area contributed by atoms with Crippen molar-refractivity contribution in [2.45, 2.75) is 20.0 Å². The number of pyridine rings is 2. The SMILES string of the molecule is Cc1cccc2cc(CNCc3cccnc3)c(=O)[nH]c12. The van der Waals surface area contributed by atoms with Gasteiger partial charge in [-0.05, 0) is 35.6 Å². The summed E-state index contributed by atoms with van der Waals surface area (Å²) in [5, 5.41) is 4.34. The van der Waals surface area contributed by atoms with Gasteiger partial charge in [0.1, 0.15) is 0 Å². The normalized spacial score (nSPS) is 10.9. The van der Waals surface area contributed by atoms with Crippen LogP contribution < -0.4 is 10.9 Å². The molecule has 0 aliphatic carbocycles. The Labute approximate surface area is 122 Å². The summed E-state index contributed by atoms with van der Waals surface area (Å²) in [6.07, 6.45) is 3.57. The summed E-state index contributed by atoms with van der Waals surface area (Å²) in [6, 6.07) is 11.9. The largest absolute Gasteiger partial charge is 0.321 e. The number of aromatic amines is 1. The molecule has 4 nitrogen and oxygen atoms in total. The van der Waals surface area contributed by atoms with E-state index in [1.165, 1.54) is 0 Å². The van der Waals surface area contributed by atoms with E-state index in [0.717, 1.165) is 27.6 Å². The molecule has 2 N–H and O–H groups in total. The molecule has 0 atom stereocenters. The summed E-state index contributed by atoms with van der Waals surface area (Å²) < 4.78 is 0. The number of benzene rings is 1. The lowest BCUT2D eigenvalue weighted by molar-refractivity contribution is 0.687. The van der Waals surface area contributed by atoms with E-state index < -0.39 is 0 Å². The van der Waals surface area contributed by atoms with Crippen molar-refractivity contribution in [2.75, 3.05) is 0 Å². The van der Waals surface area contributed by atoms with Gasteiger partial charge in [-0.2, -0.15) is 0 Å². The third-order valence-electron chi connectivity index (χ3n) is 3.53.